The number of aromatic carboxylic acids is 1. The molecule has 3 N–H and O–H groups in total. The van der Waals surface area contributed by atoms with E-state index < -0.39 is 17.6 Å². The molecule has 0 saturated heterocycles. The van der Waals surface area contributed by atoms with Crippen LogP contribution in [-0.2, 0) is 9.53 Å². The predicted molar refractivity (Wildman–Crippen MR) is 127 cm³/mol. The summed E-state index contributed by atoms with van der Waals surface area (Å²) < 4.78 is 5.59. The lowest BCUT2D eigenvalue weighted by atomic mass is 9.98. The van der Waals surface area contributed by atoms with E-state index in [1.165, 1.54) is 12.1 Å². The summed E-state index contributed by atoms with van der Waals surface area (Å²) in [6.45, 7) is 1.90. The summed E-state index contributed by atoms with van der Waals surface area (Å²) in [5.41, 5.74) is 4.81. The molecule has 0 bridgehead atoms. The van der Waals surface area contributed by atoms with E-state index in [0.717, 1.165) is 22.3 Å². The van der Waals surface area contributed by atoms with Crippen molar-refractivity contribution in [2.24, 2.45) is 0 Å². The molecule has 7 heteroatoms. The van der Waals surface area contributed by atoms with Gasteiger partial charge in [0.05, 0.1) is 5.56 Å². The van der Waals surface area contributed by atoms with Gasteiger partial charge in [-0.05, 0) is 65.8 Å². The summed E-state index contributed by atoms with van der Waals surface area (Å²) in [5.74, 6) is -1.43. The highest BCUT2D eigenvalue weighted by Crippen LogP contribution is 2.44. The Morgan fingerprint density at radius 1 is 0.971 bits per heavy atom. The number of carboxylic acid groups (broad SMARTS) is 1. The number of anilines is 1. The number of nitrogens with one attached hydrogen (secondary N) is 2. The van der Waals surface area contributed by atoms with Crippen molar-refractivity contribution in [3.8, 4) is 11.1 Å². The summed E-state index contributed by atoms with van der Waals surface area (Å²) >= 11 is 0. The van der Waals surface area contributed by atoms with Gasteiger partial charge in [0.15, 0.2) is 0 Å². The van der Waals surface area contributed by atoms with Crippen LogP contribution in [0.5, 0.6) is 0 Å². The maximum atomic E-state index is 12.9. The molecule has 5 rings (SSSR count). The summed E-state index contributed by atoms with van der Waals surface area (Å²) in [5, 5.41) is 14.7. The zero-order chi connectivity index (χ0) is 23.9. The van der Waals surface area contributed by atoms with Crippen molar-refractivity contribution in [3.05, 3.63) is 89.0 Å². The van der Waals surface area contributed by atoms with Gasteiger partial charge in [0.25, 0.3) is 0 Å². The fourth-order valence-corrected chi connectivity index (χ4v) is 4.54. The molecule has 34 heavy (non-hydrogen) atoms. The van der Waals surface area contributed by atoms with Gasteiger partial charge in [0.1, 0.15) is 12.1 Å². The number of amides is 2. The zero-order valence-electron chi connectivity index (χ0n) is 18.6. The number of carbonyl (C=O) groups is 3. The molecule has 0 atom stereocenters. The lowest BCUT2D eigenvalue weighted by Gasteiger charge is -2.19. The molecule has 1 fully saturated rings. The molecule has 2 amide bonds. The van der Waals surface area contributed by atoms with Gasteiger partial charge in [-0.25, -0.2) is 9.59 Å². The van der Waals surface area contributed by atoms with Gasteiger partial charge in [-0.1, -0.05) is 48.5 Å². The molecule has 0 heterocycles. The van der Waals surface area contributed by atoms with E-state index in [0.29, 0.717) is 24.1 Å². The van der Waals surface area contributed by atoms with Crippen LogP contribution in [-0.4, -0.2) is 35.2 Å². The Morgan fingerprint density at radius 3 is 2.15 bits per heavy atom. The SMILES string of the molecule is Cc1cc(C(=O)O)ccc1NC(=O)C1(NC(=O)OCC2c3ccccc3-c3ccccc32)CC1. The number of carbonyl (C=O) groups excluding carboxylic acids is 2. The monoisotopic (exact) mass is 456 g/mol. The normalized spacial score (nSPS) is 15.1. The van der Waals surface area contributed by atoms with Crippen molar-refractivity contribution in [1.82, 2.24) is 5.32 Å². The van der Waals surface area contributed by atoms with Crippen molar-refractivity contribution < 1.29 is 24.2 Å². The minimum Gasteiger partial charge on any atom is -0.478 e. The lowest BCUT2D eigenvalue weighted by Crippen LogP contribution is -2.46. The Balaban J connectivity index is 1.23. The largest absolute Gasteiger partial charge is 0.478 e. The van der Waals surface area contributed by atoms with Crippen LogP contribution < -0.4 is 10.6 Å². The molecule has 1 saturated carbocycles. The number of aryl methyl sites for hydroxylation is 1. The Kier molecular flexibility index (Phi) is 5.32. The second-order valence-corrected chi connectivity index (χ2v) is 8.82. The highest BCUT2D eigenvalue weighted by atomic mass is 16.5. The number of hydrogen-bond donors (Lipinski definition) is 3. The van der Waals surface area contributed by atoms with Gasteiger partial charge >= 0.3 is 12.1 Å². The van der Waals surface area contributed by atoms with Crippen molar-refractivity contribution in [2.45, 2.75) is 31.2 Å². The minimum absolute atomic E-state index is 0.0578. The smallest absolute Gasteiger partial charge is 0.408 e. The van der Waals surface area contributed by atoms with Gasteiger partial charge in [-0.15, -0.1) is 0 Å². The zero-order valence-corrected chi connectivity index (χ0v) is 18.6. The summed E-state index contributed by atoms with van der Waals surface area (Å²) in [6.07, 6.45) is 0.386. The molecule has 0 aliphatic heterocycles. The first-order valence-electron chi connectivity index (χ1n) is 11.2. The molecule has 0 aromatic heterocycles. The van der Waals surface area contributed by atoms with Crippen LogP contribution in [0, 0.1) is 6.92 Å². The number of fused-ring (bicyclic) bond motifs is 3. The van der Waals surface area contributed by atoms with Gasteiger partial charge < -0.3 is 20.5 Å². The Labute approximate surface area is 196 Å². The maximum Gasteiger partial charge on any atom is 0.408 e. The number of alkyl carbamates (subject to hydrolysis) is 1. The van der Waals surface area contributed by atoms with Crippen LogP contribution in [0.2, 0.25) is 0 Å². The lowest BCUT2D eigenvalue weighted by molar-refractivity contribution is -0.119. The molecular formula is C27H24N2O5. The van der Waals surface area contributed by atoms with Crippen LogP contribution in [0.3, 0.4) is 0 Å². The van der Waals surface area contributed by atoms with Gasteiger partial charge in [-0.3, -0.25) is 4.79 Å². The number of hydrogen-bond acceptors (Lipinski definition) is 4. The highest BCUT2D eigenvalue weighted by Gasteiger charge is 2.52. The number of benzene rings is 3. The minimum atomic E-state index is -1.03. The second-order valence-electron chi connectivity index (χ2n) is 8.82. The van der Waals surface area contributed by atoms with E-state index in [1.807, 2.05) is 24.3 Å². The molecular weight excluding hydrogens is 432 g/mol. The van der Waals surface area contributed by atoms with Gasteiger partial charge in [0.2, 0.25) is 5.91 Å². The van der Waals surface area contributed by atoms with Crippen molar-refractivity contribution in [3.63, 3.8) is 0 Å². The average molecular weight is 456 g/mol. The predicted octanol–water partition coefficient (Wildman–Crippen LogP) is 4.70. The van der Waals surface area contributed by atoms with E-state index in [1.54, 1.807) is 13.0 Å². The van der Waals surface area contributed by atoms with Crippen molar-refractivity contribution in [1.29, 1.82) is 0 Å². The Morgan fingerprint density at radius 2 is 1.59 bits per heavy atom. The van der Waals surface area contributed by atoms with Crippen molar-refractivity contribution >= 4 is 23.7 Å². The number of carboxylic acids is 1. The molecule has 0 spiro atoms. The average Bonchev–Trinajstić information content (AvgIpc) is 3.54. The Hall–Kier alpha value is -4.13. The summed E-state index contributed by atoms with van der Waals surface area (Å²) in [4.78, 5) is 36.7. The first-order valence-corrected chi connectivity index (χ1v) is 11.2. The van der Waals surface area contributed by atoms with E-state index >= 15 is 0 Å². The van der Waals surface area contributed by atoms with Gasteiger partial charge in [-0.2, -0.15) is 0 Å². The van der Waals surface area contributed by atoms with Crippen molar-refractivity contribution in [2.75, 3.05) is 11.9 Å². The third kappa shape index (κ3) is 3.90. The summed E-state index contributed by atoms with van der Waals surface area (Å²) in [7, 11) is 0. The molecule has 7 nitrogen and oxygen atoms in total. The molecule has 3 aromatic rings. The second kappa shape index (κ2) is 8.33. The van der Waals surface area contributed by atoms with E-state index in [9.17, 15) is 14.4 Å². The fourth-order valence-electron chi connectivity index (χ4n) is 4.54. The standard InChI is InChI=1S/C27H24N2O5/c1-16-14-17(24(30)31)10-11-23(16)28-25(32)27(12-13-27)29-26(33)34-15-22-20-8-4-2-6-18(20)19-7-3-5-9-21(19)22/h2-11,14,22H,12-13,15H2,1H3,(H,28,32)(H,29,33)(H,30,31). The highest BCUT2D eigenvalue weighted by molar-refractivity contribution is 6.03. The van der Waals surface area contributed by atoms with Crippen LogP contribution in [0.1, 0.15) is 45.8 Å². The molecule has 2 aliphatic carbocycles. The molecule has 3 aromatic carbocycles. The van der Waals surface area contributed by atoms with E-state index in [4.69, 9.17) is 9.84 Å². The van der Waals surface area contributed by atoms with Crippen LogP contribution in [0.4, 0.5) is 10.5 Å². The molecule has 0 radical (unpaired) electrons. The topological polar surface area (TPSA) is 105 Å². The summed E-state index contributed by atoms with van der Waals surface area (Å²) in [6, 6.07) is 20.7. The first kappa shape index (κ1) is 21.7. The van der Waals surface area contributed by atoms with E-state index in [2.05, 4.69) is 34.9 Å². The number of ether oxygens (including phenoxy) is 1. The van der Waals surface area contributed by atoms with Crippen LogP contribution in [0.15, 0.2) is 66.7 Å². The van der Waals surface area contributed by atoms with Crippen LogP contribution in [0.25, 0.3) is 11.1 Å². The Bertz CT molecular complexity index is 1270. The van der Waals surface area contributed by atoms with E-state index in [-0.39, 0.29) is 24.0 Å². The first-order chi connectivity index (χ1) is 16.4. The maximum absolute atomic E-state index is 12.9. The molecule has 0 unspecified atom stereocenters. The van der Waals surface area contributed by atoms with Gasteiger partial charge in [0, 0.05) is 11.6 Å². The third-order valence-electron chi connectivity index (χ3n) is 6.59. The van der Waals surface area contributed by atoms with Crippen LogP contribution >= 0.6 is 0 Å². The quantitative estimate of drug-likeness (QED) is 0.499. The number of rotatable bonds is 6. The molecule has 2 aliphatic rings. The molecule has 172 valence electrons. The fraction of sp³-hybridized carbons (Fsp3) is 0.222. The third-order valence-corrected chi connectivity index (χ3v) is 6.59.